The van der Waals surface area contributed by atoms with Crippen LogP contribution in [0.4, 0.5) is 13.2 Å². The van der Waals surface area contributed by atoms with Crippen LogP contribution in [-0.4, -0.2) is 12.3 Å². The maximum Gasteiger partial charge on any atom is 0.573 e. The number of carbonyl (C=O) groups is 1. The number of para-hydroxylation sites is 1. The highest BCUT2D eigenvalue weighted by Crippen LogP contribution is 2.23. The van der Waals surface area contributed by atoms with E-state index in [0.717, 1.165) is 12.1 Å². The van der Waals surface area contributed by atoms with Gasteiger partial charge in [-0.1, -0.05) is 18.2 Å². The Morgan fingerprint density at radius 1 is 0.850 bits per heavy atom. The third kappa shape index (κ3) is 4.01. The molecular weight excluding hydrogens is 273 g/mol. The molecule has 0 N–H and O–H groups in total. The van der Waals surface area contributed by atoms with E-state index in [0.29, 0.717) is 5.75 Å². The minimum absolute atomic E-state index is 0.128. The molecule has 0 saturated heterocycles. The van der Waals surface area contributed by atoms with Gasteiger partial charge in [0.15, 0.2) is 0 Å². The first kappa shape index (κ1) is 13.9. The van der Waals surface area contributed by atoms with Crippen molar-refractivity contribution in [1.82, 2.24) is 0 Å². The summed E-state index contributed by atoms with van der Waals surface area (Å²) in [6, 6.07) is 12.9. The second-order valence-corrected chi connectivity index (χ2v) is 3.77. The lowest BCUT2D eigenvalue weighted by molar-refractivity contribution is -0.274. The van der Waals surface area contributed by atoms with Gasteiger partial charge < -0.3 is 9.47 Å². The van der Waals surface area contributed by atoms with Gasteiger partial charge in [-0.2, -0.15) is 0 Å². The summed E-state index contributed by atoms with van der Waals surface area (Å²) >= 11 is 0. The summed E-state index contributed by atoms with van der Waals surface area (Å²) in [6.45, 7) is 0. The van der Waals surface area contributed by atoms with Crippen LogP contribution in [0.25, 0.3) is 0 Å². The minimum atomic E-state index is -4.76. The Kier molecular flexibility index (Phi) is 3.93. The van der Waals surface area contributed by atoms with Crippen LogP contribution in [0.3, 0.4) is 0 Å². The van der Waals surface area contributed by atoms with Gasteiger partial charge >= 0.3 is 12.3 Å². The Bertz CT molecular complexity index is 577. The molecule has 0 aliphatic heterocycles. The van der Waals surface area contributed by atoms with Gasteiger partial charge in [0.1, 0.15) is 11.5 Å². The number of hydrogen-bond acceptors (Lipinski definition) is 3. The molecule has 3 nitrogen and oxygen atoms in total. The predicted octanol–water partition coefficient (Wildman–Crippen LogP) is 3.80. The third-order valence-electron chi connectivity index (χ3n) is 2.28. The van der Waals surface area contributed by atoms with Crippen molar-refractivity contribution < 1.29 is 27.4 Å². The largest absolute Gasteiger partial charge is 0.573 e. The molecule has 0 bridgehead atoms. The number of alkyl halides is 3. The van der Waals surface area contributed by atoms with Crippen LogP contribution >= 0.6 is 0 Å². The lowest BCUT2D eigenvalue weighted by Gasteiger charge is -2.09. The Hall–Kier alpha value is -2.50. The SMILES string of the molecule is O=C(Oc1ccccc1)c1ccc(OC(F)(F)F)cc1. The minimum Gasteiger partial charge on any atom is -0.423 e. The Morgan fingerprint density at radius 3 is 2.00 bits per heavy atom. The van der Waals surface area contributed by atoms with Crippen molar-refractivity contribution in [3.63, 3.8) is 0 Å². The first-order chi connectivity index (χ1) is 9.44. The summed E-state index contributed by atoms with van der Waals surface area (Å²) < 4.78 is 44.7. The van der Waals surface area contributed by atoms with Gasteiger partial charge in [0.05, 0.1) is 5.56 Å². The first-order valence-corrected chi connectivity index (χ1v) is 5.57. The lowest BCUT2D eigenvalue weighted by atomic mass is 10.2. The van der Waals surface area contributed by atoms with Crippen LogP contribution < -0.4 is 9.47 Å². The summed E-state index contributed by atoms with van der Waals surface area (Å²) in [4.78, 5) is 11.7. The number of ether oxygens (including phenoxy) is 2. The third-order valence-corrected chi connectivity index (χ3v) is 2.28. The standard InChI is InChI=1S/C14H9F3O3/c15-14(16,17)20-12-8-6-10(7-9-12)13(18)19-11-4-2-1-3-5-11/h1-9H. The number of rotatable bonds is 3. The fourth-order valence-corrected chi connectivity index (χ4v) is 1.45. The van der Waals surface area contributed by atoms with Gasteiger partial charge in [-0.05, 0) is 36.4 Å². The quantitative estimate of drug-likeness (QED) is 0.634. The number of esters is 1. The molecule has 2 aromatic carbocycles. The van der Waals surface area contributed by atoms with Crippen molar-refractivity contribution in [3.8, 4) is 11.5 Å². The molecule has 2 rings (SSSR count). The summed E-state index contributed by atoms with van der Waals surface area (Å²) in [7, 11) is 0. The van der Waals surface area contributed by atoms with Gasteiger partial charge in [-0.25, -0.2) is 4.79 Å². The molecule has 20 heavy (non-hydrogen) atoms. The van der Waals surface area contributed by atoms with E-state index in [-0.39, 0.29) is 5.56 Å². The van der Waals surface area contributed by atoms with Crippen LogP contribution in [0.1, 0.15) is 10.4 Å². The van der Waals surface area contributed by atoms with E-state index in [4.69, 9.17) is 4.74 Å². The smallest absolute Gasteiger partial charge is 0.423 e. The van der Waals surface area contributed by atoms with E-state index in [1.54, 1.807) is 30.3 Å². The fourth-order valence-electron chi connectivity index (χ4n) is 1.45. The van der Waals surface area contributed by atoms with Crippen LogP contribution in [-0.2, 0) is 0 Å². The second kappa shape index (κ2) is 5.64. The van der Waals surface area contributed by atoms with E-state index in [2.05, 4.69) is 4.74 Å². The average molecular weight is 282 g/mol. The average Bonchev–Trinajstić information content (AvgIpc) is 2.39. The Morgan fingerprint density at radius 2 is 1.45 bits per heavy atom. The topological polar surface area (TPSA) is 35.5 Å². The molecule has 0 spiro atoms. The van der Waals surface area contributed by atoms with Crippen LogP contribution in [0.15, 0.2) is 54.6 Å². The molecule has 0 aliphatic rings. The summed E-state index contributed by atoms with van der Waals surface area (Å²) in [5, 5.41) is 0. The second-order valence-electron chi connectivity index (χ2n) is 3.77. The molecule has 104 valence electrons. The zero-order chi connectivity index (χ0) is 14.6. The first-order valence-electron chi connectivity index (χ1n) is 5.57. The summed E-state index contributed by atoms with van der Waals surface area (Å²) in [5.74, 6) is -0.698. The normalized spacial score (nSPS) is 10.9. The Labute approximate surface area is 112 Å². The molecule has 0 radical (unpaired) electrons. The highest BCUT2D eigenvalue weighted by atomic mass is 19.4. The summed E-state index contributed by atoms with van der Waals surface area (Å²) in [5.41, 5.74) is 0.128. The van der Waals surface area contributed by atoms with E-state index in [1.807, 2.05) is 0 Å². The van der Waals surface area contributed by atoms with E-state index in [9.17, 15) is 18.0 Å². The highest BCUT2D eigenvalue weighted by molar-refractivity contribution is 5.91. The van der Waals surface area contributed by atoms with Crippen molar-refractivity contribution in [3.05, 3.63) is 60.2 Å². The lowest BCUT2D eigenvalue weighted by Crippen LogP contribution is -2.17. The molecule has 0 amide bonds. The monoisotopic (exact) mass is 282 g/mol. The van der Waals surface area contributed by atoms with Gasteiger partial charge in [-0.15, -0.1) is 13.2 Å². The van der Waals surface area contributed by atoms with Crippen molar-refractivity contribution in [2.75, 3.05) is 0 Å². The van der Waals surface area contributed by atoms with E-state index >= 15 is 0 Å². The molecule has 0 unspecified atom stereocenters. The molecule has 2 aromatic rings. The van der Waals surface area contributed by atoms with Crippen LogP contribution in [0.5, 0.6) is 11.5 Å². The molecule has 0 fully saturated rings. The summed E-state index contributed by atoms with van der Waals surface area (Å²) in [6.07, 6.45) is -4.76. The molecule has 6 heteroatoms. The zero-order valence-electron chi connectivity index (χ0n) is 10.1. The van der Waals surface area contributed by atoms with E-state index < -0.39 is 18.1 Å². The maximum atomic E-state index is 12.0. The Balaban J connectivity index is 2.04. The number of halogens is 3. The number of hydrogen-bond donors (Lipinski definition) is 0. The fraction of sp³-hybridized carbons (Fsp3) is 0.0714. The van der Waals surface area contributed by atoms with Crippen molar-refractivity contribution in [1.29, 1.82) is 0 Å². The van der Waals surface area contributed by atoms with E-state index in [1.165, 1.54) is 12.1 Å². The van der Waals surface area contributed by atoms with Crippen molar-refractivity contribution in [2.24, 2.45) is 0 Å². The molecule has 0 heterocycles. The molecule has 0 atom stereocenters. The van der Waals surface area contributed by atoms with Crippen LogP contribution in [0, 0.1) is 0 Å². The predicted molar refractivity (Wildman–Crippen MR) is 64.5 cm³/mol. The van der Waals surface area contributed by atoms with Gasteiger partial charge in [0, 0.05) is 0 Å². The highest BCUT2D eigenvalue weighted by Gasteiger charge is 2.31. The van der Waals surface area contributed by atoms with Gasteiger partial charge in [0.25, 0.3) is 0 Å². The molecule has 0 aliphatic carbocycles. The zero-order valence-corrected chi connectivity index (χ0v) is 10.1. The van der Waals surface area contributed by atoms with Crippen molar-refractivity contribution in [2.45, 2.75) is 6.36 Å². The molecular formula is C14H9F3O3. The molecule has 0 saturated carbocycles. The number of benzene rings is 2. The number of carbonyl (C=O) groups excluding carboxylic acids is 1. The van der Waals surface area contributed by atoms with Crippen molar-refractivity contribution >= 4 is 5.97 Å². The maximum absolute atomic E-state index is 12.0. The van der Waals surface area contributed by atoms with Gasteiger partial charge in [-0.3, -0.25) is 0 Å². The van der Waals surface area contributed by atoms with Gasteiger partial charge in [0.2, 0.25) is 0 Å². The van der Waals surface area contributed by atoms with Crippen LogP contribution in [0.2, 0.25) is 0 Å². The molecule has 0 aromatic heterocycles.